The van der Waals surface area contributed by atoms with Crippen molar-refractivity contribution >= 4 is 11.2 Å². The van der Waals surface area contributed by atoms with Gasteiger partial charge in [-0.15, -0.1) is 0 Å². The van der Waals surface area contributed by atoms with Gasteiger partial charge in [0.15, 0.2) is 0 Å². The fourth-order valence-electron chi connectivity index (χ4n) is 4.25. The third-order valence-corrected chi connectivity index (χ3v) is 6.24. The largest absolute Gasteiger partial charge is 0.378 e. The average molecular weight is 492 g/mol. The Morgan fingerprint density at radius 3 is 2.44 bits per heavy atom. The molecule has 0 aliphatic heterocycles. The number of nitrogens with zero attached hydrogens (tertiary/aromatic N) is 3. The van der Waals surface area contributed by atoms with Crippen molar-refractivity contribution in [2.24, 2.45) is 5.92 Å². The van der Waals surface area contributed by atoms with Gasteiger partial charge in [0.05, 0.1) is 29.1 Å². The molecule has 3 aromatic rings. The Bertz CT molecular complexity index is 1300. The number of pyridine rings is 1. The van der Waals surface area contributed by atoms with Gasteiger partial charge in [-0.2, -0.15) is 5.26 Å². The number of rotatable bonds is 10. The summed E-state index contributed by atoms with van der Waals surface area (Å²) in [5.74, 6) is -1.32. The first-order valence-electron chi connectivity index (χ1n) is 12.6. The van der Waals surface area contributed by atoms with Crippen LogP contribution in [0.5, 0.6) is 0 Å². The Hall–Kier alpha value is -3.30. The van der Waals surface area contributed by atoms with E-state index in [1.54, 1.807) is 19.1 Å². The number of nitriles is 1. The SMILES string of the molecule is CCCOC(CC)Cc1c(-c2c(F)cc(/C(=C/C=C(\C)C#N)C(C)C)cc2F)nc2cc(C)ccn12. The normalized spacial score (nSPS) is 13.4. The molecule has 0 spiro atoms. The molecule has 4 nitrogen and oxygen atoms in total. The number of allylic oxidation sites excluding steroid dienone is 4. The highest BCUT2D eigenvalue weighted by atomic mass is 19.1. The molecule has 2 heterocycles. The minimum absolute atomic E-state index is 0.00662. The van der Waals surface area contributed by atoms with Gasteiger partial charge in [0.2, 0.25) is 0 Å². The third-order valence-electron chi connectivity index (χ3n) is 6.24. The molecule has 0 radical (unpaired) electrons. The predicted molar refractivity (Wildman–Crippen MR) is 141 cm³/mol. The van der Waals surface area contributed by atoms with Gasteiger partial charge in [-0.1, -0.05) is 33.8 Å². The van der Waals surface area contributed by atoms with E-state index in [1.807, 2.05) is 50.4 Å². The fourth-order valence-corrected chi connectivity index (χ4v) is 4.25. The highest BCUT2D eigenvalue weighted by molar-refractivity contribution is 5.74. The Morgan fingerprint density at radius 1 is 1.17 bits per heavy atom. The molecular formula is C30H35F2N3O. The fraction of sp³-hybridized carbons (Fsp3) is 0.400. The van der Waals surface area contributed by atoms with Crippen molar-refractivity contribution in [1.82, 2.24) is 9.38 Å². The highest BCUT2D eigenvalue weighted by Crippen LogP contribution is 2.34. The summed E-state index contributed by atoms with van der Waals surface area (Å²) in [5.41, 5.74) is 4.28. The van der Waals surface area contributed by atoms with Crippen LogP contribution in [0.1, 0.15) is 64.3 Å². The zero-order valence-electron chi connectivity index (χ0n) is 22.0. The molecule has 0 saturated heterocycles. The maximum absolute atomic E-state index is 15.7. The van der Waals surface area contributed by atoms with Crippen LogP contribution >= 0.6 is 0 Å². The number of benzene rings is 1. The van der Waals surface area contributed by atoms with Crippen molar-refractivity contribution in [1.29, 1.82) is 5.26 Å². The summed E-state index contributed by atoms with van der Waals surface area (Å²) < 4.78 is 39.3. The smallest absolute Gasteiger partial charge is 0.137 e. The molecule has 0 bridgehead atoms. The van der Waals surface area contributed by atoms with E-state index < -0.39 is 11.6 Å². The molecule has 0 amide bonds. The molecule has 36 heavy (non-hydrogen) atoms. The number of hydrogen-bond acceptors (Lipinski definition) is 3. The number of imidazole rings is 1. The van der Waals surface area contributed by atoms with E-state index in [9.17, 15) is 0 Å². The topological polar surface area (TPSA) is 50.3 Å². The number of aryl methyl sites for hydroxylation is 1. The zero-order valence-corrected chi connectivity index (χ0v) is 22.0. The summed E-state index contributed by atoms with van der Waals surface area (Å²) in [7, 11) is 0. The summed E-state index contributed by atoms with van der Waals surface area (Å²) in [6, 6.07) is 8.67. The molecule has 1 unspecified atom stereocenters. The van der Waals surface area contributed by atoms with Crippen LogP contribution in [-0.4, -0.2) is 22.1 Å². The molecule has 6 heteroatoms. The lowest BCUT2D eigenvalue weighted by atomic mass is 9.92. The highest BCUT2D eigenvalue weighted by Gasteiger charge is 2.24. The Balaban J connectivity index is 2.17. The molecule has 3 rings (SSSR count). The summed E-state index contributed by atoms with van der Waals surface area (Å²) in [4.78, 5) is 4.68. The standard InChI is InChI=1S/C30H35F2N3O/c1-7-13-36-23(8-2)17-27-30(34-28-14-20(5)11-12-35(27)28)29-25(31)15-22(16-26(29)32)24(19(3)4)10-9-21(6)18-33/h9-12,14-16,19,23H,7-8,13,17H2,1-6H3/b21-9+,24-10+. The minimum Gasteiger partial charge on any atom is -0.378 e. The Labute approximate surface area is 212 Å². The molecule has 1 atom stereocenters. The molecule has 190 valence electrons. The van der Waals surface area contributed by atoms with Gasteiger partial charge in [0, 0.05) is 24.8 Å². The van der Waals surface area contributed by atoms with Crippen LogP contribution in [0.25, 0.3) is 22.5 Å². The van der Waals surface area contributed by atoms with Gasteiger partial charge in [0.1, 0.15) is 17.3 Å². The summed E-state index contributed by atoms with van der Waals surface area (Å²) in [6.07, 6.45) is 7.41. The van der Waals surface area contributed by atoms with Crippen LogP contribution in [0.3, 0.4) is 0 Å². The lowest BCUT2D eigenvalue weighted by Crippen LogP contribution is -2.17. The van der Waals surface area contributed by atoms with E-state index in [0.29, 0.717) is 35.5 Å². The van der Waals surface area contributed by atoms with E-state index in [4.69, 9.17) is 10.00 Å². The maximum Gasteiger partial charge on any atom is 0.137 e. The zero-order chi connectivity index (χ0) is 26.4. The Kier molecular flexibility index (Phi) is 9.17. The van der Waals surface area contributed by atoms with Crippen LogP contribution in [-0.2, 0) is 11.2 Å². The summed E-state index contributed by atoms with van der Waals surface area (Å²) >= 11 is 0. The molecule has 0 saturated carbocycles. The van der Waals surface area contributed by atoms with Crippen LogP contribution in [0, 0.1) is 35.8 Å². The number of hydrogen-bond donors (Lipinski definition) is 0. The van der Waals surface area contributed by atoms with E-state index in [1.165, 1.54) is 12.1 Å². The predicted octanol–water partition coefficient (Wildman–Crippen LogP) is 7.84. The maximum atomic E-state index is 15.7. The van der Waals surface area contributed by atoms with E-state index >= 15 is 8.78 Å². The van der Waals surface area contributed by atoms with Crippen molar-refractivity contribution in [2.45, 2.75) is 66.9 Å². The third kappa shape index (κ3) is 6.09. The molecule has 1 aromatic carbocycles. The number of aromatic nitrogens is 2. The van der Waals surface area contributed by atoms with Crippen LogP contribution < -0.4 is 0 Å². The molecule has 2 aromatic heterocycles. The Morgan fingerprint density at radius 2 is 1.86 bits per heavy atom. The van der Waals surface area contributed by atoms with E-state index in [0.717, 1.165) is 29.7 Å². The average Bonchev–Trinajstić information content (AvgIpc) is 3.17. The second-order valence-electron chi connectivity index (χ2n) is 9.50. The van der Waals surface area contributed by atoms with E-state index in [2.05, 4.69) is 18.0 Å². The van der Waals surface area contributed by atoms with Gasteiger partial charge in [-0.25, -0.2) is 13.8 Å². The number of fused-ring (bicyclic) bond motifs is 1. The first kappa shape index (κ1) is 27.3. The molecule has 0 aliphatic carbocycles. The molecule has 0 N–H and O–H groups in total. The van der Waals surface area contributed by atoms with Gasteiger partial charge in [0.25, 0.3) is 0 Å². The van der Waals surface area contributed by atoms with E-state index in [-0.39, 0.29) is 17.6 Å². The molecule has 0 aliphatic rings. The summed E-state index contributed by atoms with van der Waals surface area (Å²) in [6.45, 7) is 12.3. The van der Waals surface area contributed by atoms with Gasteiger partial charge in [-0.3, -0.25) is 0 Å². The second kappa shape index (κ2) is 12.1. The van der Waals surface area contributed by atoms with Crippen molar-refractivity contribution in [3.63, 3.8) is 0 Å². The minimum atomic E-state index is -0.665. The monoisotopic (exact) mass is 491 g/mol. The quantitative estimate of drug-likeness (QED) is 0.214. The lowest BCUT2D eigenvalue weighted by Gasteiger charge is -2.17. The van der Waals surface area contributed by atoms with Crippen LogP contribution in [0.4, 0.5) is 8.78 Å². The first-order valence-corrected chi connectivity index (χ1v) is 12.6. The van der Waals surface area contributed by atoms with Gasteiger partial charge < -0.3 is 9.14 Å². The van der Waals surface area contributed by atoms with Crippen LogP contribution in [0.2, 0.25) is 0 Å². The van der Waals surface area contributed by atoms with Crippen molar-refractivity contribution in [2.75, 3.05) is 6.61 Å². The molecule has 0 fully saturated rings. The first-order chi connectivity index (χ1) is 17.2. The lowest BCUT2D eigenvalue weighted by molar-refractivity contribution is 0.0508. The van der Waals surface area contributed by atoms with Crippen LogP contribution in [0.15, 0.2) is 48.2 Å². The molecular weight excluding hydrogens is 456 g/mol. The van der Waals surface area contributed by atoms with Crippen molar-refractivity contribution < 1.29 is 13.5 Å². The number of ether oxygens (including phenoxy) is 1. The van der Waals surface area contributed by atoms with Crippen molar-refractivity contribution in [3.8, 4) is 17.3 Å². The van der Waals surface area contributed by atoms with Crippen molar-refractivity contribution in [3.05, 3.63) is 76.6 Å². The summed E-state index contributed by atoms with van der Waals surface area (Å²) in [5, 5.41) is 9.05. The van der Waals surface area contributed by atoms with Gasteiger partial charge in [-0.05, 0) is 79.6 Å². The van der Waals surface area contributed by atoms with Gasteiger partial charge >= 0.3 is 0 Å². The second-order valence-corrected chi connectivity index (χ2v) is 9.50. The number of halogens is 2.